The number of anilines is 1. The maximum Gasteiger partial charge on any atom is 0.272 e. The van der Waals surface area contributed by atoms with Gasteiger partial charge in [0.2, 0.25) is 0 Å². The molecule has 2 aliphatic rings. The predicted octanol–water partition coefficient (Wildman–Crippen LogP) is 2.96. The number of thiazole rings is 1. The van der Waals surface area contributed by atoms with Gasteiger partial charge in [-0.1, -0.05) is 22.9 Å². The number of likely N-dealkylation sites (tertiary alicyclic amines) is 1. The summed E-state index contributed by atoms with van der Waals surface area (Å²) in [5, 5.41) is 6.16. The molecule has 0 saturated carbocycles. The molecule has 1 spiro atoms. The second kappa shape index (κ2) is 6.77. The zero-order valence-corrected chi connectivity index (χ0v) is 13.7. The molecule has 1 unspecified atom stereocenters. The number of piperidine rings is 1. The molecule has 0 radical (unpaired) electrons. The van der Waals surface area contributed by atoms with Crippen LogP contribution in [-0.4, -0.2) is 48.1 Å². The van der Waals surface area contributed by atoms with Crippen molar-refractivity contribution in [2.24, 2.45) is 0 Å². The molecule has 7 heteroatoms. The molecule has 2 aliphatic heterocycles. The van der Waals surface area contributed by atoms with Gasteiger partial charge in [-0.15, -0.1) is 0 Å². The Bertz CT molecular complexity index is 476. The van der Waals surface area contributed by atoms with Gasteiger partial charge in [0, 0.05) is 25.2 Å². The van der Waals surface area contributed by atoms with Crippen LogP contribution in [0.25, 0.3) is 0 Å². The van der Waals surface area contributed by atoms with E-state index in [4.69, 9.17) is 11.6 Å². The molecule has 2 fully saturated rings. The van der Waals surface area contributed by atoms with Crippen LogP contribution in [0.2, 0.25) is 4.34 Å². The van der Waals surface area contributed by atoms with Gasteiger partial charge in [0.25, 0.3) is 5.26 Å². The van der Waals surface area contributed by atoms with E-state index in [1.807, 2.05) is 0 Å². The number of nitrogens with one attached hydrogen (secondary N) is 2. The summed E-state index contributed by atoms with van der Waals surface area (Å²) in [6.45, 7) is 5.51. The van der Waals surface area contributed by atoms with Gasteiger partial charge in [0.05, 0.1) is 0 Å². The number of hydrogen-bond donors (Lipinski definition) is 2. The average molecular weight is 333 g/mol. The first kappa shape index (κ1) is 15.5. The van der Waals surface area contributed by atoms with E-state index in [1.54, 1.807) is 0 Å². The van der Waals surface area contributed by atoms with Crippen molar-refractivity contribution in [3.63, 3.8) is 0 Å². The largest absolute Gasteiger partial charge is 0.368 e. The molecular formula is C14H22ClFN4S. The second-order valence-electron chi connectivity index (χ2n) is 5.96. The highest BCUT2D eigenvalue weighted by Crippen LogP contribution is 2.36. The molecule has 0 aliphatic carbocycles. The van der Waals surface area contributed by atoms with E-state index >= 15 is 0 Å². The highest BCUT2D eigenvalue weighted by atomic mass is 35.5. The number of rotatable bonds is 6. The Morgan fingerprint density at radius 3 is 2.95 bits per heavy atom. The van der Waals surface area contributed by atoms with Gasteiger partial charge in [-0.25, -0.2) is 0 Å². The highest BCUT2D eigenvalue weighted by Gasteiger charge is 2.44. The summed E-state index contributed by atoms with van der Waals surface area (Å²) in [7, 11) is 0. The van der Waals surface area contributed by atoms with Crippen LogP contribution in [-0.2, 0) is 0 Å². The Morgan fingerprint density at radius 1 is 1.43 bits per heavy atom. The maximum absolute atomic E-state index is 12.9. The zero-order chi connectivity index (χ0) is 14.7. The highest BCUT2D eigenvalue weighted by molar-refractivity contribution is 7.15. The van der Waals surface area contributed by atoms with Gasteiger partial charge >= 0.3 is 0 Å². The van der Waals surface area contributed by atoms with E-state index < -0.39 is 5.26 Å². The fraction of sp³-hybridized carbons (Fsp3) is 0.786. The van der Waals surface area contributed by atoms with E-state index in [9.17, 15) is 4.39 Å². The molecule has 1 aromatic heterocycles. The van der Waals surface area contributed by atoms with Crippen molar-refractivity contribution in [1.82, 2.24) is 15.2 Å². The van der Waals surface area contributed by atoms with Crippen LogP contribution in [0.1, 0.15) is 32.1 Å². The van der Waals surface area contributed by atoms with Crippen LogP contribution in [0, 0.1) is 5.26 Å². The Morgan fingerprint density at radius 2 is 2.33 bits per heavy atom. The normalized spacial score (nSPS) is 26.0. The molecule has 3 heterocycles. The predicted molar refractivity (Wildman–Crippen MR) is 85.8 cm³/mol. The molecule has 0 aromatic carbocycles. The summed E-state index contributed by atoms with van der Waals surface area (Å²) in [6, 6.07) is 0. The third kappa shape index (κ3) is 3.50. The molecular weight excluding hydrogens is 311 g/mol. The van der Waals surface area contributed by atoms with Crippen LogP contribution in [0.15, 0.2) is 0 Å². The lowest BCUT2D eigenvalue weighted by atomic mass is 9.78. The van der Waals surface area contributed by atoms with Crippen molar-refractivity contribution < 1.29 is 4.39 Å². The second-order valence-corrected chi connectivity index (χ2v) is 7.52. The number of unbranched alkanes of at least 4 members (excludes halogenated alkanes) is 1. The van der Waals surface area contributed by atoms with Gasteiger partial charge in [-0.2, -0.15) is 9.37 Å². The molecule has 118 valence electrons. The minimum atomic E-state index is -0.477. The minimum absolute atomic E-state index is 0.405. The summed E-state index contributed by atoms with van der Waals surface area (Å²) in [4.78, 5) is 6.36. The lowest BCUT2D eigenvalue weighted by Gasteiger charge is -2.55. The van der Waals surface area contributed by atoms with Crippen LogP contribution in [0.4, 0.5) is 10.2 Å². The van der Waals surface area contributed by atoms with E-state index in [2.05, 4.69) is 20.5 Å². The third-order valence-corrected chi connectivity index (χ3v) is 5.72. The minimum Gasteiger partial charge on any atom is -0.368 e. The first-order chi connectivity index (χ1) is 10.2. The Balaban J connectivity index is 1.34. The fourth-order valence-electron chi connectivity index (χ4n) is 3.39. The van der Waals surface area contributed by atoms with E-state index in [0.29, 0.717) is 15.7 Å². The fourth-order valence-corrected chi connectivity index (χ4v) is 4.19. The van der Waals surface area contributed by atoms with Crippen LogP contribution in [0.3, 0.4) is 0 Å². The lowest BCUT2D eigenvalue weighted by molar-refractivity contribution is -0.0322. The van der Waals surface area contributed by atoms with Gasteiger partial charge in [0.1, 0.15) is 4.34 Å². The standard InChI is InChI=1S/C14H22ClFN4S/c15-11-12(19-13(16)21-11)18-7-1-2-8-20-9-5-14(20)4-3-6-17-10-14/h17-18H,1-10H2. The quantitative estimate of drug-likeness (QED) is 0.786. The Kier molecular flexibility index (Phi) is 4.99. The zero-order valence-electron chi connectivity index (χ0n) is 12.1. The number of aromatic nitrogens is 1. The van der Waals surface area contributed by atoms with Crippen molar-refractivity contribution in [3.05, 3.63) is 9.60 Å². The molecule has 21 heavy (non-hydrogen) atoms. The molecule has 1 atom stereocenters. The number of halogens is 2. The van der Waals surface area contributed by atoms with Crippen molar-refractivity contribution in [2.75, 3.05) is 38.0 Å². The van der Waals surface area contributed by atoms with E-state index in [0.717, 1.165) is 43.8 Å². The summed E-state index contributed by atoms with van der Waals surface area (Å²) < 4.78 is 13.3. The molecule has 2 saturated heterocycles. The lowest BCUT2D eigenvalue weighted by Crippen LogP contribution is -2.66. The van der Waals surface area contributed by atoms with Gasteiger partial charge in [0.15, 0.2) is 5.82 Å². The number of nitrogens with zero attached hydrogens (tertiary/aromatic N) is 2. The molecule has 0 bridgehead atoms. The molecule has 4 nitrogen and oxygen atoms in total. The Labute approximate surface area is 134 Å². The van der Waals surface area contributed by atoms with Crippen molar-refractivity contribution in [1.29, 1.82) is 0 Å². The van der Waals surface area contributed by atoms with Crippen molar-refractivity contribution in [3.8, 4) is 0 Å². The molecule has 0 amide bonds. The van der Waals surface area contributed by atoms with E-state index in [-0.39, 0.29) is 0 Å². The van der Waals surface area contributed by atoms with Crippen molar-refractivity contribution >= 4 is 28.8 Å². The molecule has 3 rings (SSSR count). The van der Waals surface area contributed by atoms with Gasteiger partial charge in [-0.3, -0.25) is 4.90 Å². The van der Waals surface area contributed by atoms with Crippen LogP contribution in [0.5, 0.6) is 0 Å². The monoisotopic (exact) mass is 332 g/mol. The Hall–Kier alpha value is -0.430. The smallest absolute Gasteiger partial charge is 0.272 e. The summed E-state index contributed by atoms with van der Waals surface area (Å²) in [5.41, 5.74) is 0.451. The average Bonchev–Trinajstić information content (AvgIpc) is 2.80. The summed E-state index contributed by atoms with van der Waals surface area (Å²) in [6.07, 6.45) is 6.18. The topological polar surface area (TPSA) is 40.2 Å². The van der Waals surface area contributed by atoms with Crippen LogP contribution >= 0.6 is 22.9 Å². The summed E-state index contributed by atoms with van der Waals surface area (Å²) in [5.74, 6) is 0.482. The van der Waals surface area contributed by atoms with Crippen molar-refractivity contribution in [2.45, 2.75) is 37.6 Å². The van der Waals surface area contributed by atoms with Gasteiger partial charge in [-0.05, 0) is 45.2 Å². The molecule has 1 aromatic rings. The van der Waals surface area contributed by atoms with Gasteiger partial charge < -0.3 is 10.6 Å². The number of hydrogen-bond acceptors (Lipinski definition) is 5. The summed E-state index contributed by atoms with van der Waals surface area (Å²) >= 11 is 6.75. The van der Waals surface area contributed by atoms with E-state index in [1.165, 1.54) is 32.4 Å². The third-order valence-electron chi connectivity index (χ3n) is 4.67. The van der Waals surface area contributed by atoms with Crippen LogP contribution < -0.4 is 10.6 Å². The first-order valence-electron chi connectivity index (χ1n) is 7.71. The maximum atomic E-state index is 12.9. The molecule has 2 N–H and O–H groups in total. The SMILES string of the molecule is Fc1nc(NCCCCN2CCC23CCCNC3)c(Cl)s1. The first-order valence-corrected chi connectivity index (χ1v) is 8.91.